The number of halogens is 4. The summed E-state index contributed by atoms with van der Waals surface area (Å²) < 4.78 is 47.4. The molecule has 0 saturated carbocycles. The molecule has 1 amide bonds. The quantitative estimate of drug-likeness (QED) is 0.554. The molecule has 2 aromatic carbocycles. The van der Waals surface area contributed by atoms with Crippen molar-refractivity contribution < 1.29 is 22.7 Å². The van der Waals surface area contributed by atoms with Crippen molar-refractivity contribution in [2.24, 2.45) is 0 Å². The second-order valence-electron chi connectivity index (χ2n) is 7.06. The number of para-hydroxylation sites is 1. The van der Waals surface area contributed by atoms with E-state index in [1.807, 2.05) is 0 Å². The number of carbonyl (C=O) groups is 1. The number of nitrogens with one attached hydrogen (secondary N) is 2. The minimum absolute atomic E-state index is 0.110. The fourth-order valence-corrected chi connectivity index (χ4v) is 3.67. The van der Waals surface area contributed by atoms with Gasteiger partial charge in [-0.2, -0.15) is 18.3 Å². The van der Waals surface area contributed by atoms with Crippen LogP contribution in [0.3, 0.4) is 0 Å². The van der Waals surface area contributed by atoms with Crippen molar-refractivity contribution in [3.63, 3.8) is 0 Å². The number of alkyl halides is 3. The normalized spacial score (nSPS) is 18.1. The molecule has 1 aliphatic heterocycles. The van der Waals surface area contributed by atoms with Gasteiger partial charge in [0.2, 0.25) is 0 Å². The Bertz CT molecular complexity index is 1100. The number of amides is 1. The third-order valence-electron chi connectivity index (χ3n) is 5.06. The lowest BCUT2D eigenvalue weighted by atomic mass is 9.97. The molecule has 0 unspecified atom stereocenters. The number of methoxy groups -OCH3 is 1. The third kappa shape index (κ3) is 4.32. The number of rotatable bonds is 4. The average molecular weight is 451 g/mol. The lowest BCUT2D eigenvalue weighted by molar-refractivity contribution is -0.173. The molecule has 162 valence electrons. The van der Waals surface area contributed by atoms with Crippen LogP contribution in [0, 0.1) is 0 Å². The van der Waals surface area contributed by atoms with Crippen LogP contribution in [0.15, 0.2) is 54.6 Å². The first kappa shape index (κ1) is 21.0. The summed E-state index contributed by atoms with van der Waals surface area (Å²) in [4.78, 5) is 12.6. The molecule has 3 aromatic rings. The highest BCUT2D eigenvalue weighted by atomic mass is 35.5. The van der Waals surface area contributed by atoms with E-state index in [0.717, 1.165) is 4.68 Å². The summed E-state index contributed by atoms with van der Waals surface area (Å²) in [6.07, 6.45) is -4.81. The van der Waals surface area contributed by atoms with Crippen LogP contribution in [0.4, 0.5) is 24.7 Å². The monoisotopic (exact) mass is 450 g/mol. The van der Waals surface area contributed by atoms with Gasteiger partial charge in [0.25, 0.3) is 5.91 Å². The molecular formula is C21H18ClF3N4O2. The second-order valence-corrected chi connectivity index (χ2v) is 7.46. The van der Waals surface area contributed by atoms with E-state index in [1.165, 1.54) is 13.2 Å². The van der Waals surface area contributed by atoms with Crippen molar-refractivity contribution in [2.45, 2.75) is 24.7 Å². The van der Waals surface area contributed by atoms with Gasteiger partial charge in [0, 0.05) is 12.5 Å². The van der Waals surface area contributed by atoms with Gasteiger partial charge in [0.05, 0.1) is 23.9 Å². The molecule has 2 atom stereocenters. The Balaban J connectivity index is 1.64. The summed E-state index contributed by atoms with van der Waals surface area (Å²) in [6, 6.07) is 12.2. The van der Waals surface area contributed by atoms with E-state index in [0.29, 0.717) is 22.0 Å². The molecule has 0 fully saturated rings. The molecule has 1 aliphatic rings. The molecular weight excluding hydrogens is 433 g/mol. The highest BCUT2D eigenvalue weighted by Crippen LogP contribution is 2.43. The van der Waals surface area contributed by atoms with Gasteiger partial charge in [-0.1, -0.05) is 35.9 Å². The number of fused-ring (bicyclic) bond motifs is 1. The Morgan fingerprint density at radius 1 is 1.23 bits per heavy atom. The summed E-state index contributed by atoms with van der Waals surface area (Å²) >= 11 is 6.04. The highest BCUT2D eigenvalue weighted by Gasteiger charge is 2.46. The maximum Gasteiger partial charge on any atom is 0.410 e. The van der Waals surface area contributed by atoms with Crippen LogP contribution in [0.2, 0.25) is 5.02 Å². The lowest BCUT2D eigenvalue weighted by Gasteiger charge is -2.33. The van der Waals surface area contributed by atoms with Crippen molar-refractivity contribution in [1.82, 2.24) is 9.78 Å². The SMILES string of the molecule is COc1ccc([C@@H]2C[C@@H](C(F)(F)F)n3nc(C(=O)Nc4ccccc4Cl)cc3N2)cc1. The fraction of sp³-hybridized carbons (Fsp3) is 0.238. The number of carbonyl (C=O) groups excluding carboxylic acids is 1. The number of ether oxygens (including phenoxy) is 1. The summed E-state index contributed by atoms with van der Waals surface area (Å²) in [7, 11) is 1.52. The van der Waals surface area contributed by atoms with Crippen LogP contribution in [0.1, 0.15) is 34.6 Å². The molecule has 31 heavy (non-hydrogen) atoms. The fourth-order valence-electron chi connectivity index (χ4n) is 3.49. The van der Waals surface area contributed by atoms with Crippen molar-refractivity contribution in [1.29, 1.82) is 0 Å². The predicted molar refractivity (Wildman–Crippen MR) is 111 cm³/mol. The maximum absolute atomic E-state index is 13.8. The average Bonchev–Trinajstić information content (AvgIpc) is 3.18. The smallest absolute Gasteiger partial charge is 0.410 e. The Hall–Kier alpha value is -3.20. The maximum atomic E-state index is 13.8. The van der Waals surface area contributed by atoms with Gasteiger partial charge in [-0.05, 0) is 29.8 Å². The lowest BCUT2D eigenvalue weighted by Crippen LogP contribution is -2.35. The first-order valence-electron chi connectivity index (χ1n) is 9.39. The molecule has 0 radical (unpaired) electrons. The van der Waals surface area contributed by atoms with Gasteiger partial charge in [-0.3, -0.25) is 4.79 Å². The first-order chi connectivity index (χ1) is 14.8. The molecule has 0 bridgehead atoms. The van der Waals surface area contributed by atoms with Crippen molar-refractivity contribution in [2.75, 3.05) is 17.7 Å². The van der Waals surface area contributed by atoms with Crippen LogP contribution in [-0.2, 0) is 0 Å². The van der Waals surface area contributed by atoms with E-state index in [1.54, 1.807) is 48.5 Å². The van der Waals surface area contributed by atoms with Crippen LogP contribution in [0.25, 0.3) is 0 Å². The number of aromatic nitrogens is 2. The summed E-state index contributed by atoms with van der Waals surface area (Å²) in [5, 5.41) is 9.88. The predicted octanol–water partition coefficient (Wildman–Crippen LogP) is 5.46. The van der Waals surface area contributed by atoms with E-state index in [2.05, 4.69) is 15.7 Å². The highest BCUT2D eigenvalue weighted by molar-refractivity contribution is 6.33. The zero-order valence-corrected chi connectivity index (χ0v) is 17.0. The molecule has 1 aromatic heterocycles. The zero-order valence-electron chi connectivity index (χ0n) is 16.3. The number of anilines is 2. The molecule has 4 rings (SSSR count). The zero-order chi connectivity index (χ0) is 22.2. The largest absolute Gasteiger partial charge is 0.497 e. The molecule has 6 nitrogen and oxygen atoms in total. The molecule has 10 heteroatoms. The van der Waals surface area contributed by atoms with E-state index in [9.17, 15) is 18.0 Å². The molecule has 0 saturated heterocycles. The Morgan fingerprint density at radius 3 is 2.58 bits per heavy atom. The van der Waals surface area contributed by atoms with Gasteiger partial charge in [-0.25, -0.2) is 4.68 Å². The molecule has 2 N–H and O–H groups in total. The van der Waals surface area contributed by atoms with E-state index in [4.69, 9.17) is 16.3 Å². The second kappa shape index (κ2) is 8.14. The van der Waals surface area contributed by atoms with E-state index < -0.39 is 24.2 Å². The number of hydrogen-bond donors (Lipinski definition) is 2. The number of benzene rings is 2. The Kier molecular flexibility index (Phi) is 5.53. The van der Waals surface area contributed by atoms with Gasteiger partial charge < -0.3 is 15.4 Å². The minimum atomic E-state index is -4.54. The van der Waals surface area contributed by atoms with Crippen LogP contribution < -0.4 is 15.4 Å². The Labute approximate surface area is 181 Å². The van der Waals surface area contributed by atoms with E-state index in [-0.39, 0.29) is 17.9 Å². The van der Waals surface area contributed by atoms with Crippen molar-refractivity contribution >= 4 is 29.0 Å². The van der Waals surface area contributed by atoms with Gasteiger partial charge >= 0.3 is 6.18 Å². The molecule has 2 heterocycles. The standard InChI is InChI=1S/C21H18ClF3N4O2/c1-31-13-8-6-12(7-9-13)16-10-18(21(23,24)25)29-19(26-16)11-17(28-29)20(30)27-15-5-3-2-4-14(15)22/h2-9,11,16,18,26H,10H2,1H3,(H,27,30)/t16-,18-/m0/s1. The molecule has 0 aliphatic carbocycles. The van der Waals surface area contributed by atoms with Crippen LogP contribution in [0.5, 0.6) is 5.75 Å². The first-order valence-corrected chi connectivity index (χ1v) is 9.76. The van der Waals surface area contributed by atoms with Crippen molar-refractivity contribution in [3.05, 3.63) is 70.9 Å². The summed E-state index contributed by atoms with van der Waals surface area (Å²) in [5.74, 6) is 0.0629. The summed E-state index contributed by atoms with van der Waals surface area (Å²) in [6.45, 7) is 0. The number of nitrogens with zero attached hydrogens (tertiary/aromatic N) is 2. The van der Waals surface area contributed by atoms with Crippen LogP contribution >= 0.6 is 11.6 Å². The van der Waals surface area contributed by atoms with E-state index >= 15 is 0 Å². The third-order valence-corrected chi connectivity index (χ3v) is 5.39. The van der Waals surface area contributed by atoms with Gasteiger partial charge in [0.1, 0.15) is 11.6 Å². The minimum Gasteiger partial charge on any atom is -0.497 e. The molecule has 0 spiro atoms. The summed E-state index contributed by atoms with van der Waals surface area (Å²) in [5.41, 5.74) is 0.869. The Morgan fingerprint density at radius 2 is 1.94 bits per heavy atom. The number of hydrogen-bond acceptors (Lipinski definition) is 4. The van der Waals surface area contributed by atoms with Crippen molar-refractivity contribution in [3.8, 4) is 5.75 Å². The van der Waals surface area contributed by atoms with Gasteiger partial charge in [0.15, 0.2) is 11.7 Å². The topological polar surface area (TPSA) is 68.2 Å². The van der Waals surface area contributed by atoms with Crippen LogP contribution in [-0.4, -0.2) is 29.0 Å². The van der Waals surface area contributed by atoms with Gasteiger partial charge in [-0.15, -0.1) is 0 Å².